The zero-order valence-electron chi connectivity index (χ0n) is 24.0. The molecule has 5 rings (SSSR count). The van der Waals surface area contributed by atoms with Gasteiger partial charge in [-0.3, -0.25) is 9.88 Å². The summed E-state index contributed by atoms with van der Waals surface area (Å²) in [6.45, 7) is 5.23. The molecule has 0 amide bonds. The molecule has 2 heterocycles. The number of carboxylic acid groups (broad SMARTS) is 3. The quantitative estimate of drug-likeness (QED) is 0.292. The van der Waals surface area contributed by atoms with Gasteiger partial charge in [0.05, 0.1) is 18.1 Å². The van der Waals surface area contributed by atoms with Crippen molar-refractivity contribution in [2.45, 2.75) is 63.6 Å². The molecule has 45 heavy (non-hydrogen) atoms. The van der Waals surface area contributed by atoms with Crippen LogP contribution >= 0.6 is 0 Å². The van der Waals surface area contributed by atoms with E-state index in [-0.39, 0.29) is 5.69 Å². The second-order valence-corrected chi connectivity index (χ2v) is 11.2. The average Bonchev–Trinajstić information content (AvgIpc) is 3.68. The smallest absolute Gasteiger partial charge is 0.476 e. The first-order chi connectivity index (χ1) is 20.9. The van der Waals surface area contributed by atoms with Crippen molar-refractivity contribution in [3.8, 4) is 0 Å². The molecule has 2 saturated carbocycles. The summed E-state index contributed by atoms with van der Waals surface area (Å²) in [6, 6.07) is 12.0. The number of rotatable bonds is 8. The normalized spacial score (nSPS) is 20.8. The van der Waals surface area contributed by atoms with E-state index in [4.69, 9.17) is 24.9 Å². The van der Waals surface area contributed by atoms with Gasteiger partial charge in [0.15, 0.2) is 5.69 Å². The number of benzene rings is 1. The maximum Gasteiger partial charge on any atom is 0.490 e. The lowest BCUT2D eigenvalue weighted by Crippen LogP contribution is -2.65. The first kappa shape index (κ1) is 35.4. The second kappa shape index (κ2) is 14.4. The molecule has 1 aromatic carbocycles. The molecule has 0 unspecified atom stereocenters. The Kier molecular flexibility index (Phi) is 11.3. The molecule has 246 valence electrons. The van der Waals surface area contributed by atoms with Crippen molar-refractivity contribution in [3.63, 3.8) is 0 Å². The Bertz CT molecular complexity index is 1330. The number of aromatic carboxylic acids is 1. The SMILES string of the molecule is CC/C(=C\c1ccccc1)[C@@H]1C[C@H]1NC1CC2(C1)CN(Cc1cnc(C(=O)O)cn1)C2.O=C(O)C(F)(F)F.O=C(O)C(F)(F)F. The van der Waals surface area contributed by atoms with Crippen LogP contribution in [0.3, 0.4) is 0 Å². The third-order valence-corrected chi connectivity index (χ3v) is 7.55. The lowest BCUT2D eigenvalue weighted by molar-refractivity contribution is -0.193. The van der Waals surface area contributed by atoms with Crippen LogP contribution in [0.15, 0.2) is 48.3 Å². The van der Waals surface area contributed by atoms with Gasteiger partial charge in [0, 0.05) is 31.7 Å². The van der Waals surface area contributed by atoms with Gasteiger partial charge in [-0.15, -0.1) is 0 Å². The topological polar surface area (TPSA) is 153 Å². The summed E-state index contributed by atoms with van der Waals surface area (Å²) in [5.41, 5.74) is 4.20. The van der Waals surface area contributed by atoms with E-state index < -0.39 is 30.3 Å². The molecule has 0 radical (unpaired) electrons. The van der Waals surface area contributed by atoms with Gasteiger partial charge in [-0.2, -0.15) is 26.3 Å². The Labute approximate surface area is 253 Å². The van der Waals surface area contributed by atoms with E-state index in [2.05, 4.69) is 63.5 Å². The molecule has 3 fully saturated rings. The molecule has 1 aromatic heterocycles. The number of likely N-dealkylation sites (tertiary alicyclic amines) is 1. The molecule has 1 saturated heterocycles. The Morgan fingerprint density at radius 2 is 1.51 bits per heavy atom. The van der Waals surface area contributed by atoms with Crippen molar-refractivity contribution in [1.29, 1.82) is 0 Å². The maximum absolute atomic E-state index is 10.9. The molecule has 1 spiro atoms. The summed E-state index contributed by atoms with van der Waals surface area (Å²) >= 11 is 0. The van der Waals surface area contributed by atoms with Crippen LogP contribution in [0.1, 0.15) is 54.4 Å². The van der Waals surface area contributed by atoms with E-state index in [1.54, 1.807) is 11.8 Å². The third kappa shape index (κ3) is 10.5. The average molecular weight is 647 g/mol. The number of aromatic nitrogens is 2. The van der Waals surface area contributed by atoms with E-state index >= 15 is 0 Å². The fourth-order valence-corrected chi connectivity index (χ4v) is 5.48. The van der Waals surface area contributed by atoms with Crippen molar-refractivity contribution in [2.75, 3.05) is 13.1 Å². The minimum Gasteiger partial charge on any atom is -0.476 e. The summed E-state index contributed by atoms with van der Waals surface area (Å²) in [7, 11) is 0. The monoisotopic (exact) mass is 646 g/mol. The number of alkyl halides is 6. The minimum atomic E-state index is -5.08. The molecule has 2 atom stereocenters. The zero-order chi connectivity index (χ0) is 33.6. The van der Waals surface area contributed by atoms with Gasteiger partial charge in [0.25, 0.3) is 0 Å². The third-order valence-electron chi connectivity index (χ3n) is 7.55. The summed E-state index contributed by atoms with van der Waals surface area (Å²) in [5.74, 6) is -5.85. The van der Waals surface area contributed by atoms with Gasteiger partial charge in [-0.05, 0) is 42.6 Å². The maximum atomic E-state index is 10.9. The number of aliphatic carboxylic acids is 2. The Morgan fingerprint density at radius 1 is 0.956 bits per heavy atom. The first-order valence-corrected chi connectivity index (χ1v) is 13.8. The lowest BCUT2D eigenvalue weighted by atomic mass is 9.60. The minimum absolute atomic E-state index is 0.0000344. The molecule has 2 aromatic rings. The van der Waals surface area contributed by atoms with Crippen molar-refractivity contribution in [2.24, 2.45) is 11.3 Å². The highest BCUT2D eigenvalue weighted by molar-refractivity contribution is 5.84. The van der Waals surface area contributed by atoms with Gasteiger partial charge < -0.3 is 20.6 Å². The predicted octanol–water partition coefficient (Wildman–Crippen LogP) is 4.88. The van der Waals surface area contributed by atoms with Gasteiger partial charge >= 0.3 is 30.3 Å². The zero-order valence-corrected chi connectivity index (χ0v) is 24.0. The number of nitrogens with zero attached hydrogens (tertiary/aromatic N) is 3. The van der Waals surface area contributed by atoms with Crippen molar-refractivity contribution in [1.82, 2.24) is 20.2 Å². The number of hydrogen-bond acceptors (Lipinski definition) is 7. The van der Waals surface area contributed by atoms with Gasteiger partial charge in [-0.25, -0.2) is 19.4 Å². The van der Waals surface area contributed by atoms with E-state index in [0.717, 1.165) is 31.7 Å². The van der Waals surface area contributed by atoms with Crippen LogP contribution in [0.5, 0.6) is 0 Å². The van der Waals surface area contributed by atoms with E-state index in [1.807, 2.05) is 0 Å². The fraction of sp³-hybridized carbons (Fsp3) is 0.483. The van der Waals surface area contributed by atoms with Crippen LogP contribution in [0, 0.1) is 11.3 Å². The lowest BCUT2D eigenvalue weighted by Gasteiger charge is -2.59. The number of carbonyl (C=O) groups is 3. The fourth-order valence-electron chi connectivity index (χ4n) is 5.48. The number of halogens is 6. The Balaban J connectivity index is 0.000000331. The molecular weight excluding hydrogens is 614 g/mol. The summed E-state index contributed by atoms with van der Waals surface area (Å²) in [4.78, 5) is 39.3. The highest BCUT2D eigenvalue weighted by Crippen LogP contribution is 2.50. The molecule has 16 heteroatoms. The molecule has 2 aliphatic carbocycles. The van der Waals surface area contributed by atoms with Crippen LogP contribution in [0.25, 0.3) is 6.08 Å². The molecule has 10 nitrogen and oxygen atoms in total. The summed E-state index contributed by atoms with van der Waals surface area (Å²) in [5, 5.41) is 27.1. The van der Waals surface area contributed by atoms with Crippen molar-refractivity contribution >= 4 is 24.0 Å². The van der Waals surface area contributed by atoms with E-state index in [9.17, 15) is 31.1 Å². The highest BCUT2D eigenvalue weighted by Gasteiger charge is 2.53. The molecule has 3 aliphatic rings. The predicted molar refractivity (Wildman–Crippen MR) is 147 cm³/mol. The largest absolute Gasteiger partial charge is 0.490 e. The number of hydrogen-bond donors (Lipinski definition) is 4. The number of carboxylic acids is 3. The highest BCUT2D eigenvalue weighted by atomic mass is 19.4. The molecule has 0 bridgehead atoms. The van der Waals surface area contributed by atoms with Crippen LogP contribution in [-0.2, 0) is 16.1 Å². The van der Waals surface area contributed by atoms with Gasteiger partial charge in [-0.1, -0.05) is 48.9 Å². The Morgan fingerprint density at radius 3 is 1.96 bits per heavy atom. The van der Waals surface area contributed by atoms with E-state index in [0.29, 0.717) is 23.4 Å². The standard InChI is InChI=1S/C25H30N4O2.2C2HF3O2/c1-2-18(8-17-6-4-3-5-7-17)21-9-22(21)28-19-10-25(11-19)15-29(16-25)14-20-12-27-23(13-26-20)24(30)31;2*3-2(4,5)1(6)7/h3-8,12-13,19,21-22,28H,2,9-11,14-16H2,1H3,(H,30,31);2*(H,6,7)/b18-8+;;/t21-,22+;;/m0../s1. The van der Waals surface area contributed by atoms with Crippen LogP contribution in [0.2, 0.25) is 0 Å². The molecular formula is C29H32F6N4O6. The summed E-state index contributed by atoms with van der Waals surface area (Å²) < 4.78 is 63.5. The van der Waals surface area contributed by atoms with Crippen LogP contribution < -0.4 is 5.32 Å². The van der Waals surface area contributed by atoms with E-state index in [1.165, 1.54) is 31.0 Å². The second-order valence-electron chi connectivity index (χ2n) is 11.2. The summed E-state index contributed by atoms with van der Waals surface area (Å²) in [6.07, 6.45) is 0.0654. The Hall–Kier alpha value is -4.05. The molecule has 1 aliphatic heterocycles. The van der Waals surface area contributed by atoms with Gasteiger partial charge in [0.2, 0.25) is 0 Å². The van der Waals surface area contributed by atoms with Gasteiger partial charge in [0.1, 0.15) is 0 Å². The molecule has 4 N–H and O–H groups in total. The van der Waals surface area contributed by atoms with Crippen molar-refractivity contribution in [3.05, 3.63) is 65.2 Å². The van der Waals surface area contributed by atoms with Crippen molar-refractivity contribution < 1.29 is 56.0 Å². The van der Waals surface area contributed by atoms with Crippen LogP contribution in [-0.4, -0.2) is 85.6 Å². The van der Waals surface area contributed by atoms with Crippen LogP contribution in [0.4, 0.5) is 26.3 Å². The first-order valence-electron chi connectivity index (χ1n) is 13.8. The number of nitrogens with one attached hydrogen (secondary N) is 1.